The first-order valence-electron chi connectivity index (χ1n) is 2.06. The first-order chi connectivity index (χ1) is 3.41. The quantitative estimate of drug-likeness (QED) is 0.476. The maximum Gasteiger partial charge on any atom is 0.0663 e. The van der Waals surface area contributed by atoms with Crippen molar-refractivity contribution in [1.29, 1.82) is 5.26 Å². The molecule has 0 fully saturated rings. The maximum atomic E-state index is 7.96. The van der Waals surface area contributed by atoms with Crippen LogP contribution < -0.4 is 0 Å². The predicted molar refractivity (Wildman–Crippen MR) is 29.6 cm³/mol. The summed E-state index contributed by atoms with van der Waals surface area (Å²) in [4.78, 5) is 0. The molecule has 0 aromatic rings. The van der Waals surface area contributed by atoms with E-state index in [1.807, 2.05) is 6.07 Å². The van der Waals surface area contributed by atoms with Gasteiger partial charge in [-0.3, -0.25) is 0 Å². The van der Waals surface area contributed by atoms with E-state index in [2.05, 4.69) is 6.58 Å². The standard InChI is InChI=1S/C6H7N/c1-2-3-4-5-6-7/h2-4H,1,5H2. The lowest BCUT2D eigenvalue weighted by molar-refractivity contribution is 1.35. The SMILES string of the molecule is C=CC=CCC#N. The summed E-state index contributed by atoms with van der Waals surface area (Å²) in [5.74, 6) is 0. The largest absolute Gasteiger partial charge is 0.198 e. The summed E-state index contributed by atoms with van der Waals surface area (Å²) in [6.07, 6.45) is 5.64. The minimum absolute atomic E-state index is 0.478. The van der Waals surface area contributed by atoms with E-state index in [-0.39, 0.29) is 0 Å². The normalized spacial score (nSPS) is 8.43. The Balaban J connectivity index is 3.13. The van der Waals surface area contributed by atoms with Crippen LogP contribution in [-0.4, -0.2) is 0 Å². The van der Waals surface area contributed by atoms with Crippen molar-refractivity contribution in [2.45, 2.75) is 6.42 Å². The van der Waals surface area contributed by atoms with Crippen LogP contribution in [0.15, 0.2) is 24.8 Å². The highest BCUT2D eigenvalue weighted by Crippen LogP contribution is 1.77. The molecule has 1 heteroatoms. The number of nitrogens with zero attached hydrogens (tertiary/aromatic N) is 1. The average Bonchev–Trinajstić information content (AvgIpc) is 1.69. The molecule has 0 spiro atoms. The summed E-state index contributed by atoms with van der Waals surface area (Å²) in [5, 5.41) is 7.96. The number of hydrogen-bond acceptors (Lipinski definition) is 1. The highest BCUT2D eigenvalue weighted by Gasteiger charge is 1.63. The summed E-state index contributed by atoms with van der Waals surface area (Å²) in [6.45, 7) is 3.44. The van der Waals surface area contributed by atoms with Gasteiger partial charge < -0.3 is 0 Å². The molecule has 0 heterocycles. The van der Waals surface area contributed by atoms with Crippen LogP contribution in [0.3, 0.4) is 0 Å². The van der Waals surface area contributed by atoms with Crippen LogP contribution in [0.2, 0.25) is 0 Å². The Labute approximate surface area is 43.6 Å². The molecule has 36 valence electrons. The van der Waals surface area contributed by atoms with Crippen molar-refractivity contribution in [3.8, 4) is 6.07 Å². The molecule has 0 rings (SSSR count). The molecule has 0 atom stereocenters. The molecule has 0 unspecified atom stereocenters. The monoisotopic (exact) mass is 93.1 g/mol. The number of hydrogen-bond donors (Lipinski definition) is 0. The molecule has 0 aliphatic rings. The van der Waals surface area contributed by atoms with Gasteiger partial charge in [0, 0.05) is 0 Å². The zero-order chi connectivity index (χ0) is 5.54. The maximum absolute atomic E-state index is 7.96. The molecule has 0 aliphatic heterocycles. The van der Waals surface area contributed by atoms with Crippen LogP contribution >= 0.6 is 0 Å². The van der Waals surface area contributed by atoms with Crippen LogP contribution in [0.1, 0.15) is 6.42 Å². The Morgan fingerprint density at radius 3 is 2.86 bits per heavy atom. The number of allylic oxidation sites excluding steroid dienone is 3. The summed E-state index contributed by atoms with van der Waals surface area (Å²) in [6, 6.07) is 1.97. The molecule has 7 heavy (non-hydrogen) atoms. The Hall–Kier alpha value is -1.03. The fourth-order valence-electron chi connectivity index (χ4n) is 0.217. The lowest BCUT2D eigenvalue weighted by atomic mass is 10.4. The Bertz CT molecular complexity index is 106. The van der Waals surface area contributed by atoms with Crippen molar-refractivity contribution in [2.24, 2.45) is 0 Å². The van der Waals surface area contributed by atoms with Gasteiger partial charge in [0.15, 0.2) is 0 Å². The van der Waals surface area contributed by atoms with E-state index in [9.17, 15) is 0 Å². The van der Waals surface area contributed by atoms with Gasteiger partial charge in [-0.15, -0.1) is 0 Å². The third-order valence-corrected chi connectivity index (χ3v) is 0.481. The van der Waals surface area contributed by atoms with E-state index in [0.717, 1.165) is 0 Å². The Morgan fingerprint density at radius 1 is 1.71 bits per heavy atom. The zero-order valence-corrected chi connectivity index (χ0v) is 4.09. The fourth-order valence-corrected chi connectivity index (χ4v) is 0.217. The van der Waals surface area contributed by atoms with Gasteiger partial charge in [-0.25, -0.2) is 0 Å². The van der Waals surface area contributed by atoms with Crippen LogP contribution in [0.4, 0.5) is 0 Å². The van der Waals surface area contributed by atoms with Gasteiger partial charge in [0.25, 0.3) is 0 Å². The molecular weight excluding hydrogens is 86.1 g/mol. The molecule has 0 aliphatic carbocycles. The molecule has 0 bridgehead atoms. The van der Waals surface area contributed by atoms with E-state index in [4.69, 9.17) is 5.26 Å². The molecule has 0 amide bonds. The molecule has 0 saturated heterocycles. The highest BCUT2D eigenvalue weighted by atomic mass is 14.2. The molecular formula is C6H7N. The fraction of sp³-hybridized carbons (Fsp3) is 0.167. The third-order valence-electron chi connectivity index (χ3n) is 0.481. The van der Waals surface area contributed by atoms with Crippen LogP contribution in [-0.2, 0) is 0 Å². The van der Waals surface area contributed by atoms with Gasteiger partial charge in [0.2, 0.25) is 0 Å². The lowest BCUT2D eigenvalue weighted by Crippen LogP contribution is -1.51. The van der Waals surface area contributed by atoms with Crippen molar-refractivity contribution in [2.75, 3.05) is 0 Å². The van der Waals surface area contributed by atoms with Crippen molar-refractivity contribution in [1.82, 2.24) is 0 Å². The second-order valence-electron chi connectivity index (χ2n) is 1.03. The van der Waals surface area contributed by atoms with Gasteiger partial charge in [-0.05, 0) is 0 Å². The molecule has 1 nitrogen and oxygen atoms in total. The highest BCUT2D eigenvalue weighted by molar-refractivity contribution is 5.00. The van der Waals surface area contributed by atoms with Gasteiger partial charge in [-0.2, -0.15) is 5.26 Å². The smallest absolute Gasteiger partial charge is 0.0663 e. The first-order valence-corrected chi connectivity index (χ1v) is 2.06. The van der Waals surface area contributed by atoms with Crippen molar-refractivity contribution in [3.63, 3.8) is 0 Å². The third kappa shape index (κ3) is 4.97. The predicted octanol–water partition coefficient (Wildman–Crippen LogP) is 1.64. The minimum atomic E-state index is 0.478. The molecule has 0 aromatic carbocycles. The van der Waals surface area contributed by atoms with Crippen LogP contribution in [0.5, 0.6) is 0 Å². The van der Waals surface area contributed by atoms with E-state index < -0.39 is 0 Å². The lowest BCUT2D eigenvalue weighted by Gasteiger charge is -1.66. The van der Waals surface area contributed by atoms with Crippen LogP contribution in [0, 0.1) is 11.3 Å². The number of nitriles is 1. The topological polar surface area (TPSA) is 23.8 Å². The average molecular weight is 93.1 g/mol. The molecule has 0 saturated carbocycles. The molecule has 0 N–H and O–H groups in total. The summed E-state index contributed by atoms with van der Waals surface area (Å²) in [7, 11) is 0. The molecule has 0 radical (unpaired) electrons. The van der Waals surface area contributed by atoms with Gasteiger partial charge in [0.05, 0.1) is 12.5 Å². The van der Waals surface area contributed by atoms with E-state index in [0.29, 0.717) is 6.42 Å². The summed E-state index contributed by atoms with van der Waals surface area (Å²) >= 11 is 0. The van der Waals surface area contributed by atoms with Crippen molar-refractivity contribution >= 4 is 0 Å². The van der Waals surface area contributed by atoms with Crippen LogP contribution in [0.25, 0.3) is 0 Å². The van der Waals surface area contributed by atoms with Gasteiger partial charge in [0.1, 0.15) is 0 Å². The Kier molecular flexibility index (Phi) is 4.24. The summed E-state index contributed by atoms with van der Waals surface area (Å²) in [5.41, 5.74) is 0. The Morgan fingerprint density at radius 2 is 2.43 bits per heavy atom. The first kappa shape index (κ1) is 5.97. The van der Waals surface area contributed by atoms with Crippen molar-refractivity contribution in [3.05, 3.63) is 24.8 Å². The van der Waals surface area contributed by atoms with E-state index >= 15 is 0 Å². The van der Waals surface area contributed by atoms with Crippen molar-refractivity contribution < 1.29 is 0 Å². The van der Waals surface area contributed by atoms with Gasteiger partial charge >= 0.3 is 0 Å². The second kappa shape index (κ2) is 4.97. The second-order valence-corrected chi connectivity index (χ2v) is 1.03. The summed E-state index contributed by atoms with van der Waals surface area (Å²) < 4.78 is 0. The minimum Gasteiger partial charge on any atom is -0.198 e. The molecule has 0 aromatic heterocycles. The van der Waals surface area contributed by atoms with E-state index in [1.54, 1.807) is 18.2 Å². The van der Waals surface area contributed by atoms with E-state index in [1.165, 1.54) is 0 Å². The zero-order valence-electron chi connectivity index (χ0n) is 4.09. The van der Waals surface area contributed by atoms with Gasteiger partial charge in [-0.1, -0.05) is 24.8 Å². The number of rotatable bonds is 2.